The summed E-state index contributed by atoms with van der Waals surface area (Å²) in [6.45, 7) is 1.90. The molecule has 0 bridgehead atoms. The molecular formula is C15H15Cl2N3O. The summed E-state index contributed by atoms with van der Waals surface area (Å²) in [6, 6.07) is 11.7. The van der Waals surface area contributed by atoms with Crippen molar-refractivity contribution >= 4 is 40.6 Å². The molecule has 0 saturated heterocycles. The number of carbonyl (C=O) groups excluding carboxylic acids is 1. The predicted molar refractivity (Wildman–Crippen MR) is 88.1 cm³/mol. The lowest BCUT2D eigenvalue weighted by Crippen LogP contribution is -2.19. The highest BCUT2D eigenvalue weighted by Crippen LogP contribution is 2.22. The molecule has 0 aliphatic rings. The van der Waals surface area contributed by atoms with Crippen LogP contribution in [0.25, 0.3) is 0 Å². The first-order valence-electron chi connectivity index (χ1n) is 6.33. The molecule has 0 aliphatic carbocycles. The molecule has 6 heteroatoms. The van der Waals surface area contributed by atoms with Gasteiger partial charge in [-0.25, -0.2) is 4.79 Å². The van der Waals surface area contributed by atoms with Crippen LogP contribution in [-0.2, 0) is 0 Å². The maximum absolute atomic E-state index is 11.9. The third kappa shape index (κ3) is 4.63. The zero-order valence-electron chi connectivity index (χ0n) is 11.4. The van der Waals surface area contributed by atoms with Gasteiger partial charge in [-0.1, -0.05) is 35.3 Å². The van der Waals surface area contributed by atoms with Crippen LogP contribution in [-0.4, -0.2) is 6.03 Å². The highest BCUT2D eigenvalue weighted by molar-refractivity contribution is 6.35. The quantitative estimate of drug-likeness (QED) is 0.769. The van der Waals surface area contributed by atoms with Gasteiger partial charge in [0, 0.05) is 27.5 Å². The highest BCUT2D eigenvalue weighted by atomic mass is 35.5. The van der Waals surface area contributed by atoms with E-state index < -0.39 is 0 Å². The van der Waals surface area contributed by atoms with Crippen molar-refractivity contribution in [3.8, 4) is 0 Å². The molecule has 21 heavy (non-hydrogen) atoms. The molecule has 0 radical (unpaired) electrons. The molecular weight excluding hydrogens is 309 g/mol. The molecule has 0 aromatic heterocycles. The Morgan fingerprint density at radius 3 is 2.05 bits per heavy atom. The van der Waals surface area contributed by atoms with Gasteiger partial charge in [0.25, 0.3) is 0 Å². The first-order valence-corrected chi connectivity index (χ1v) is 7.09. The molecule has 1 atom stereocenters. The van der Waals surface area contributed by atoms with Crippen molar-refractivity contribution < 1.29 is 4.79 Å². The minimum atomic E-state index is -0.373. The Bertz CT molecular complexity index is 622. The number of carbonyl (C=O) groups is 1. The second kappa shape index (κ2) is 6.80. The number of anilines is 2. The van der Waals surface area contributed by atoms with Crippen LogP contribution in [0, 0.1) is 0 Å². The summed E-state index contributed by atoms with van der Waals surface area (Å²) in [4.78, 5) is 11.9. The number of hydrogen-bond donors (Lipinski definition) is 3. The van der Waals surface area contributed by atoms with Crippen LogP contribution in [0.3, 0.4) is 0 Å². The van der Waals surface area contributed by atoms with E-state index in [1.165, 1.54) is 0 Å². The fourth-order valence-corrected chi connectivity index (χ4v) is 2.32. The molecule has 2 amide bonds. The molecule has 2 aromatic rings. The van der Waals surface area contributed by atoms with Crippen LogP contribution in [0.5, 0.6) is 0 Å². The van der Waals surface area contributed by atoms with E-state index in [0.717, 1.165) is 5.56 Å². The number of benzene rings is 2. The molecule has 4 N–H and O–H groups in total. The average Bonchev–Trinajstić information content (AvgIpc) is 2.37. The van der Waals surface area contributed by atoms with Crippen molar-refractivity contribution in [3.63, 3.8) is 0 Å². The van der Waals surface area contributed by atoms with Gasteiger partial charge in [0.2, 0.25) is 0 Å². The minimum absolute atomic E-state index is 0.0403. The molecule has 4 nitrogen and oxygen atoms in total. The lowest BCUT2D eigenvalue weighted by molar-refractivity contribution is 0.262. The Labute approximate surface area is 133 Å². The molecule has 0 heterocycles. The van der Waals surface area contributed by atoms with E-state index in [-0.39, 0.29) is 12.1 Å². The maximum atomic E-state index is 11.9. The molecule has 2 aromatic carbocycles. The summed E-state index contributed by atoms with van der Waals surface area (Å²) in [7, 11) is 0. The van der Waals surface area contributed by atoms with Crippen LogP contribution >= 0.6 is 23.2 Å². The number of rotatable bonds is 3. The van der Waals surface area contributed by atoms with E-state index in [9.17, 15) is 4.79 Å². The van der Waals surface area contributed by atoms with Crippen molar-refractivity contribution in [3.05, 3.63) is 58.1 Å². The molecule has 0 saturated carbocycles. The van der Waals surface area contributed by atoms with Gasteiger partial charge in [-0.2, -0.15) is 0 Å². The number of nitrogens with two attached hydrogens (primary N) is 1. The Morgan fingerprint density at radius 1 is 1.00 bits per heavy atom. The normalized spacial score (nSPS) is 11.8. The number of halogens is 2. The fourth-order valence-electron chi connectivity index (χ4n) is 1.79. The SMILES string of the molecule is CC(N)c1ccc(NC(=O)Nc2cc(Cl)cc(Cl)c2)cc1. The Morgan fingerprint density at radius 2 is 1.52 bits per heavy atom. The second-order valence-corrected chi connectivity index (χ2v) is 5.52. The lowest BCUT2D eigenvalue weighted by Gasteiger charge is -2.10. The number of nitrogens with one attached hydrogen (secondary N) is 2. The Hall–Kier alpha value is -1.75. The summed E-state index contributed by atoms with van der Waals surface area (Å²) < 4.78 is 0. The summed E-state index contributed by atoms with van der Waals surface area (Å²) >= 11 is 11.7. The van der Waals surface area contributed by atoms with Gasteiger partial charge < -0.3 is 16.4 Å². The Balaban J connectivity index is 2.01. The highest BCUT2D eigenvalue weighted by Gasteiger charge is 2.05. The van der Waals surface area contributed by atoms with E-state index in [1.807, 2.05) is 19.1 Å². The van der Waals surface area contributed by atoms with Crippen molar-refractivity contribution in [2.24, 2.45) is 5.73 Å². The molecule has 0 aliphatic heterocycles. The van der Waals surface area contributed by atoms with E-state index in [1.54, 1.807) is 30.3 Å². The summed E-state index contributed by atoms with van der Waals surface area (Å²) in [5.41, 5.74) is 7.97. The van der Waals surface area contributed by atoms with E-state index >= 15 is 0 Å². The topological polar surface area (TPSA) is 67.1 Å². The minimum Gasteiger partial charge on any atom is -0.324 e. The van der Waals surface area contributed by atoms with E-state index in [0.29, 0.717) is 21.4 Å². The first kappa shape index (κ1) is 15.6. The van der Waals surface area contributed by atoms with Crippen molar-refractivity contribution in [2.45, 2.75) is 13.0 Å². The largest absolute Gasteiger partial charge is 0.324 e. The van der Waals surface area contributed by atoms with Gasteiger partial charge in [-0.05, 0) is 42.8 Å². The van der Waals surface area contributed by atoms with Gasteiger partial charge in [-0.3, -0.25) is 0 Å². The number of urea groups is 1. The summed E-state index contributed by atoms with van der Waals surface area (Å²) in [5.74, 6) is 0. The van der Waals surface area contributed by atoms with Crippen LogP contribution in [0.4, 0.5) is 16.2 Å². The van der Waals surface area contributed by atoms with Crippen molar-refractivity contribution in [1.82, 2.24) is 0 Å². The molecule has 0 fully saturated rings. The smallest absolute Gasteiger partial charge is 0.323 e. The van der Waals surface area contributed by atoms with Crippen LogP contribution in [0.2, 0.25) is 10.0 Å². The molecule has 110 valence electrons. The van der Waals surface area contributed by atoms with Crippen molar-refractivity contribution in [2.75, 3.05) is 10.6 Å². The number of amides is 2. The average molecular weight is 324 g/mol. The van der Waals surface area contributed by atoms with Gasteiger partial charge >= 0.3 is 6.03 Å². The lowest BCUT2D eigenvalue weighted by atomic mass is 10.1. The fraction of sp³-hybridized carbons (Fsp3) is 0.133. The van der Waals surface area contributed by atoms with Crippen molar-refractivity contribution in [1.29, 1.82) is 0 Å². The maximum Gasteiger partial charge on any atom is 0.323 e. The van der Waals surface area contributed by atoms with Crippen LogP contribution in [0.1, 0.15) is 18.5 Å². The molecule has 2 rings (SSSR count). The number of hydrogen-bond acceptors (Lipinski definition) is 2. The monoisotopic (exact) mass is 323 g/mol. The predicted octanol–water partition coefficient (Wildman–Crippen LogP) is 4.66. The summed E-state index contributed by atoms with van der Waals surface area (Å²) in [5, 5.41) is 6.30. The third-order valence-corrected chi connectivity index (χ3v) is 3.25. The van der Waals surface area contributed by atoms with Gasteiger partial charge in [0.05, 0.1) is 0 Å². The van der Waals surface area contributed by atoms with E-state index in [4.69, 9.17) is 28.9 Å². The Kier molecular flexibility index (Phi) is 5.07. The second-order valence-electron chi connectivity index (χ2n) is 4.65. The van der Waals surface area contributed by atoms with Gasteiger partial charge in [0.15, 0.2) is 0 Å². The van der Waals surface area contributed by atoms with E-state index in [2.05, 4.69) is 10.6 Å². The van der Waals surface area contributed by atoms with Crippen LogP contribution < -0.4 is 16.4 Å². The van der Waals surface area contributed by atoms with Crippen LogP contribution in [0.15, 0.2) is 42.5 Å². The zero-order chi connectivity index (χ0) is 15.4. The standard InChI is InChI=1S/C15H15Cl2N3O/c1-9(18)10-2-4-13(5-3-10)19-15(21)20-14-7-11(16)6-12(17)8-14/h2-9H,18H2,1H3,(H2,19,20,21). The first-order chi connectivity index (χ1) is 9.94. The molecule has 0 spiro atoms. The molecule has 1 unspecified atom stereocenters. The van der Waals surface area contributed by atoms with Gasteiger partial charge in [0.1, 0.15) is 0 Å². The summed E-state index contributed by atoms with van der Waals surface area (Å²) in [6.07, 6.45) is 0. The van der Waals surface area contributed by atoms with Gasteiger partial charge in [-0.15, -0.1) is 0 Å². The zero-order valence-corrected chi connectivity index (χ0v) is 12.9. The third-order valence-electron chi connectivity index (χ3n) is 2.81.